The van der Waals surface area contributed by atoms with Crippen LogP contribution in [0.5, 0.6) is 0 Å². The monoisotopic (exact) mass is 265 g/mol. The Kier molecular flexibility index (Phi) is 3.99. The van der Waals surface area contributed by atoms with Crippen LogP contribution in [0.4, 0.5) is 0 Å². The van der Waals surface area contributed by atoms with Gasteiger partial charge in [-0.05, 0) is 12.8 Å². The molecule has 1 saturated heterocycles. The van der Waals surface area contributed by atoms with Crippen LogP contribution in [0.3, 0.4) is 0 Å². The second-order valence-corrected chi connectivity index (χ2v) is 8.48. The normalized spacial score (nSPS) is 21.8. The van der Waals surface area contributed by atoms with E-state index < -0.39 is 25.1 Å². The molecule has 0 N–H and O–H groups in total. The van der Waals surface area contributed by atoms with Gasteiger partial charge in [0, 0.05) is 7.05 Å². The Hall–Kier alpha value is -0.580. The Morgan fingerprint density at radius 2 is 1.88 bits per heavy atom. The Bertz CT molecular complexity index is 472. The molecule has 1 rings (SSSR count). The molecule has 1 aliphatic rings. The Morgan fingerprint density at radius 3 is 2.31 bits per heavy atom. The third-order valence-electron chi connectivity index (χ3n) is 2.67. The lowest BCUT2D eigenvalue weighted by atomic mass is 10.2. The van der Waals surface area contributed by atoms with Gasteiger partial charge in [0.2, 0.25) is 10.0 Å². The average molecular weight is 265 g/mol. The van der Waals surface area contributed by atoms with E-state index in [0.717, 1.165) is 4.31 Å². The SMILES string of the molecule is C#CCN(C)S(=O)(=O)C1CCS(=O)(=O)CC1. The molecular formula is C9H15NO4S2. The minimum Gasteiger partial charge on any atom is -0.229 e. The zero-order valence-electron chi connectivity index (χ0n) is 9.09. The summed E-state index contributed by atoms with van der Waals surface area (Å²) in [4.78, 5) is 0. The molecule has 16 heavy (non-hydrogen) atoms. The highest BCUT2D eigenvalue weighted by Crippen LogP contribution is 2.21. The van der Waals surface area contributed by atoms with Crippen LogP contribution in [0, 0.1) is 12.3 Å². The quantitative estimate of drug-likeness (QED) is 0.642. The van der Waals surface area contributed by atoms with Gasteiger partial charge in [0.05, 0.1) is 23.3 Å². The second kappa shape index (κ2) is 4.73. The first-order valence-corrected chi connectivity index (χ1v) is 8.21. The van der Waals surface area contributed by atoms with E-state index in [2.05, 4.69) is 5.92 Å². The molecule has 1 fully saturated rings. The van der Waals surface area contributed by atoms with Crippen molar-refractivity contribution < 1.29 is 16.8 Å². The van der Waals surface area contributed by atoms with E-state index in [4.69, 9.17) is 6.42 Å². The van der Waals surface area contributed by atoms with Crippen LogP contribution < -0.4 is 0 Å². The van der Waals surface area contributed by atoms with Crippen molar-refractivity contribution in [1.29, 1.82) is 0 Å². The molecule has 0 amide bonds. The van der Waals surface area contributed by atoms with Gasteiger partial charge in [-0.3, -0.25) is 0 Å². The van der Waals surface area contributed by atoms with Crippen LogP contribution in [-0.4, -0.2) is 51.5 Å². The first kappa shape index (κ1) is 13.5. The van der Waals surface area contributed by atoms with Crippen molar-refractivity contribution in [3.05, 3.63) is 0 Å². The molecule has 7 heteroatoms. The fourth-order valence-corrected chi connectivity index (χ4v) is 5.02. The highest BCUT2D eigenvalue weighted by atomic mass is 32.2. The van der Waals surface area contributed by atoms with Crippen LogP contribution >= 0.6 is 0 Å². The predicted molar refractivity (Wildman–Crippen MR) is 62.1 cm³/mol. The second-order valence-electron chi connectivity index (χ2n) is 3.86. The van der Waals surface area contributed by atoms with Gasteiger partial charge in [0.15, 0.2) is 0 Å². The van der Waals surface area contributed by atoms with Crippen LogP contribution in [0.25, 0.3) is 0 Å². The predicted octanol–water partition coefficient (Wildman–Crippen LogP) is -0.542. The lowest BCUT2D eigenvalue weighted by molar-refractivity contribution is 0.479. The maximum atomic E-state index is 11.9. The third-order valence-corrected chi connectivity index (χ3v) is 6.70. The molecule has 5 nitrogen and oxygen atoms in total. The van der Waals surface area contributed by atoms with E-state index in [1.54, 1.807) is 0 Å². The number of sulfone groups is 1. The van der Waals surface area contributed by atoms with E-state index in [0.29, 0.717) is 0 Å². The van der Waals surface area contributed by atoms with E-state index in [1.807, 2.05) is 0 Å². The smallest absolute Gasteiger partial charge is 0.217 e. The van der Waals surface area contributed by atoms with Crippen molar-refractivity contribution >= 4 is 19.9 Å². The zero-order chi connectivity index (χ0) is 12.4. The number of terminal acetylenes is 1. The van der Waals surface area contributed by atoms with Gasteiger partial charge in [-0.15, -0.1) is 6.42 Å². The van der Waals surface area contributed by atoms with Gasteiger partial charge < -0.3 is 0 Å². The van der Waals surface area contributed by atoms with Crippen molar-refractivity contribution in [1.82, 2.24) is 4.31 Å². The van der Waals surface area contributed by atoms with E-state index >= 15 is 0 Å². The minimum absolute atomic E-state index is 0.0194. The Balaban J connectivity index is 2.77. The Labute approximate surface area is 96.8 Å². The maximum absolute atomic E-state index is 11.9. The summed E-state index contributed by atoms with van der Waals surface area (Å²) in [6.45, 7) is 0.0194. The third kappa shape index (κ3) is 2.97. The van der Waals surface area contributed by atoms with Crippen molar-refractivity contribution in [2.45, 2.75) is 18.1 Å². The van der Waals surface area contributed by atoms with Crippen LogP contribution in [-0.2, 0) is 19.9 Å². The molecule has 0 unspecified atom stereocenters. The molecule has 0 spiro atoms. The molecule has 1 heterocycles. The lowest BCUT2D eigenvalue weighted by Crippen LogP contribution is -2.40. The van der Waals surface area contributed by atoms with Gasteiger partial charge in [0.25, 0.3) is 0 Å². The fraction of sp³-hybridized carbons (Fsp3) is 0.778. The standard InChI is InChI=1S/C9H15NO4S2/c1-3-6-10(2)16(13,14)9-4-7-15(11,12)8-5-9/h1,9H,4-8H2,2H3. The summed E-state index contributed by atoms with van der Waals surface area (Å²) >= 11 is 0. The fourth-order valence-electron chi connectivity index (χ4n) is 1.64. The van der Waals surface area contributed by atoms with Gasteiger partial charge in [0.1, 0.15) is 9.84 Å². The summed E-state index contributed by atoms with van der Waals surface area (Å²) in [7, 11) is -5.07. The van der Waals surface area contributed by atoms with Gasteiger partial charge in [-0.25, -0.2) is 16.8 Å². The number of nitrogens with zero attached hydrogens (tertiary/aromatic N) is 1. The van der Waals surface area contributed by atoms with Gasteiger partial charge >= 0.3 is 0 Å². The summed E-state index contributed by atoms with van der Waals surface area (Å²) in [5.74, 6) is 2.15. The van der Waals surface area contributed by atoms with E-state index in [9.17, 15) is 16.8 Å². The molecule has 0 aliphatic carbocycles. The Morgan fingerprint density at radius 1 is 1.38 bits per heavy atom. The molecule has 0 bridgehead atoms. The number of hydrogen-bond donors (Lipinski definition) is 0. The average Bonchev–Trinajstić information content (AvgIpc) is 2.17. The van der Waals surface area contributed by atoms with Crippen molar-refractivity contribution in [3.63, 3.8) is 0 Å². The molecule has 92 valence electrons. The van der Waals surface area contributed by atoms with Gasteiger partial charge in [-0.2, -0.15) is 4.31 Å². The molecular weight excluding hydrogens is 250 g/mol. The summed E-state index contributed by atoms with van der Waals surface area (Å²) in [5, 5.41) is -0.616. The first-order chi connectivity index (χ1) is 7.29. The molecule has 0 aromatic heterocycles. The van der Waals surface area contributed by atoms with Crippen molar-refractivity contribution in [2.24, 2.45) is 0 Å². The van der Waals surface area contributed by atoms with E-state index in [1.165, 1.54) is 7.05 Å². The summed E-state index contributed by atoms with van der Waals surface area (Å²) in [6, 6.07) is 0. The van der Waals surface area contributed by atoms with Crippen molar-refractivity contribution in [3.8, 4) is 12.3 Å². The van der Waals surface area contributed by atoms with E-state index in [-0.39, 0.29) is 30.9 Å². The van der Waals surface area contributed by atoms with Crippen LogP contribution in [0.15, 0.2) is 0 Å². The first-order valence-electron chi connectivity index (χ1n) is 4.88. The summed E-state index contributed by atoms with van der Waals surface area (Å²) in [6.07, 6.45) is 5.38. The number of sulfonamides is 1. The van der Waals surface area contributed by atoms with Crippen molar-refractivity contribution in [2.75, 3.05) is 25.1 Å². The zero-order valence-corrected chi connectivity index (χ0v) is 10.7. The van der Waals surface area contributed by atoms with Crippen LogP contribution in [0.2, 0.25) is 0 Å². The lowest BCUT2D eigenvalue weighted by Gasteiger charge is -2.25. The number of hydrogen-bond acceptors (Lipinski definition) is 4. The molecule has 0 aromatic carbocycles. The molecule has 0 radical (unpaired) electrons. The molecule has 1 aliphatic heterocycles. The topological polar surface area (TPSA) is 71.5 Å². The summed E-state index contributed by atoms with van der Waals surface area (Å²) < 4.78 is 47.3. The van der Waals surface area contributed by atoms with Gasteiger partial charge in [-0.1, -0.05) is 5.92 Å². The minimum atomic E-state index is -3.45. The van der Waals surface area contributed by atoms with Crippen LogP contribution in [0.1, 0.15) is 12.8 Å². The molecule has 0 saturated carbocycles. The summed E-state index contributed by atoms with van der Waals surface area (Å²) in [5.41, 5.74) is 0. The molecule has 0 atom stereocenters. The highest BCUT2D eigenvalue weighted by molar-refractivity contribution is 7.92. The largest absolute Gasteiger partial charge is 0.229 e. The number of rotatable bonds is 3. The highest BCUT2D eigenvalue weighted by Gasteiger charge is 2.34. The molecule has 0 aromatic rings. The maximum Gasteiger partial charge on any atom is 0.217 e.